The van der Waals surface area contributed by atoms with Crippen LogP contribution >= 0.6 is 0 Å². The van der Waals surface area contributed by atoms with Gasteiger partial charge in [-0.2, -0.15) is 0 Å². The van der Waals surface area contributed by atoms with Crippen LogP contribution in [0.1, 0.15) is 47.0 Å². The van der Waals surface area contributed by atoms with Gasteiger partial charge >= 0.3 is 0 Å². The number of aliphatic hydroxyl groups is 2. The van der Waals surface area contributed by atoms with Gasteiger partial charge in [0.1, 0.15) is 23.9 Å². The molecule has 24 heavy (non-hydrogen) atoms. The molecule has 1 saturated heterocycles. The van der Waals surface area contributed by atoms with Crippen molar-refractivity contribution < 1.29 is 19.7 Å². The predicted octanol–water partition coefficient (Wildman–Crippen LogP) is 2.08. The molecular weight excluding hydrogens is 304 g/mol. The fraction of sp³-hybridized carbons (Fsp3) is 0.850. The van der Waals surface area contributed by atoms with Crippen LogP contribution in [0.2, 0.25) is 0 Å². The molecule has 0 aromatic heterocycles. The van der Waals surface area contributed by atoms with Gasteiger partial charge in [0, 0.05) is 11.3 Å². The van der Waals surface area contributed by atoms with Gasteiger partial charge in [-0.15, -0.1) is 0 Å². The van der Waals surface area contributed by atoms with Crippen molar-refractivity contribution >= 4 is 5.78 Å². The lowest BCUT2D eigenvalue weighted by atomic mass is 9.55. The molecule has 9 unspecified atom stereocenters. The highest BCUT2D eigenvalue weighted by Crippen LogP contribution is 2.86. The van der Waals surface area contributed by atoms with Gasteiger partial charge in [-0.1, -0.05) is 27.4 Å². The van der Waals surface area contributed by atoms with Crippen molar-refractivity contribution in [2.45, 2.75) is 70.9 Å². The second-order valence-corrected chi connectivity index (χ2v) is 9.75. The summed E-state index contributed by atoms with van der Waals surface area (Å²) in [6, 6.07) is 0. The molecule has 1 heterocycles. The number of ketones is 1. The molecule has 4 saturated carbocycles. The number of Topliss-reactive ketones (excluding diaryl/α,β-unsaturated/α-hetero) is 1. The summed E-state index contributed by atoms with van der Waals surface area (Å²) in [5.74, 6) is 0.761. The van der Waals surface area contributed by atoms with Crippen molar-refractivity contribution in [3.63, 3.8) is 0 Å². The molecule has 0 radical (unpaired) electrons. The Morgan fingerprint density at radius 2 is 1.96 bits per heavy atom. The van der Waals surface area contributed by atoms with E-state index in [1.165, 1.54) is 0 Å². The van der Waals surface area contributed by atoms with Crippen molar-refractivity contribution in [3.8, 4) is 0 Å². The van der Waals surface area contributed by atoms with Gasteiger partial charge in [-0.25, -0.2) is 0 Å². The fourth-order valence-electron chi connectivity index (χ4n) is 8.29. The molecule has 5 rings (SSSR count). The third-order valence-corrected chi connectivity index (χ3v) is 9.41. The van der Waals surface area contributed by atoms with Crippen LogP contribution in [0.5, 0.6) is 0 Å². The smallest absolute Gasteiger partial charge is 0.171 e. The summed E-state index contributed by atoms with van der Waals surface area (Å²) in [6.07, 6.45) is 0.932. The summed E-state index contributed by atoms with van der Waals surface area (Å²) in [5, 5.41) is 21.5. The SMILES string of the molecule is C=C1C(O)C2OC23C1CC12CCC(C(C)C)C1(C)C(O)C(=O)C32C. The standard InChI is InChI=1S/C20H28O4/c1-9(2)11-6-7-19-8-12-10(3)13(21)16-20(12,24-16)18(19,5)15(23)14(22)17(11,19)4/h9,11-14,16,21-22H,3,6-8H2,1-2,4-5H3. The summed E-state index contributed by atoms with van der Waals surface area (Å²) < 4.78 is 6.08. The van der Waals surface area contributed by atoms with Crippen molar-refractivity contribution in [3.05, 3.63) is 12.2 Å². The van der Waals surface area contributed by atoms with E-state index in [1.54, 1.807) is 0 Å². The van der Waals surface area contributed by atoms with Gasteiger partial charge in [-0.3, -0.25) is 4.79 Å². The Labute approximate surface area is 143 Å². The van der Waals surface area contributed by atoms with Gasteiger partial charge in [0.25, 0.3) is 0 Å². The molecule has 0 aromatic rings. The number of aliphatic hydroxyl groups excluding tert-OH is 2. The number of carbonyl (C=O) groups excluding carboxylic acids is 1. The first kappa shape index (κ1) is 15.5. The molecule has 4 heteroatoms. The minimum Gasteiger partial charge on any atom is -0.386 e. The quantitative estimate of drug-likeness (QED) is 0.570. The van der Waals surface area contributed by atoms with Crippen LogP contribution in [0.25, 0.3) is 0 Å². The monoisotopic (exact) mass is 332 g/mol. The minimum atomic E-state index is -0.927. The molecule has 0 amide bonds. The number of hydrogen-bond acceptors (Lipinski definition) is 4. The third-order valence-electron chi connectivity index (χ3n) is 9.41. The van der Waals surface area contributed by atoms with E-state index in [1.807, 2.05) is 6.92 Å². The Morgan fingerprint density at radius 3 is 2.58 bits per heavy atom. The molecule has 4 nitrogen and oxygen atoms in total. The molecule has 5 aliphatic rings. The topological polar surface area (TPSA) is 70.1 Å². The molecule has 132 valence electrons. The van der Waals surface area contributed by atoms with Crippen LogP contribution in [-0.2, 0) is 9.53 Å². The van der Waals surface area contributed by atoms with Crippen molar-refractivity contribution in [1.29, 1.82) is 0 Å². The van der Waals surface area contributed by atoms with Crippen LogP contribution < -0.4 is 0 Å². The largest absolute Gasteiger partial charge is 0.386 e. The summed E-state index contributed by atoms with van der Waals surface area (Å²) >= 11 is 0. The van der Waals surface area contributed by atoms with E-state index in [9.17, 15) is 15.0 Å². The maximum Gasteiger partial charge on any atom is 0.171 e. The molecule has 0 aromatic carbocycles. The van der Waals surface area contributed by atoms with Gasteiger partial charge in [-0.05, 0) is 49.0 Å². The van der Waals surface area contributed by atoms with Gasteiger partial charge in [0.05, 0.1) is 5.41 Å². The normalized spacial score (nSPS) is 63.5. The summed E-state index contributed by atoms with van der Waals surface area (Å²) in [6.45, 7) is 12.7. The lowest BCUT2D eigenvalue weighted by molar-refractivity contribution is -0.138. The Balaban J connectivity index is 1.75. The van der Waals surface area contributed by atoms with E-state index in [0.29, 0.717) is 11.8 Å². The number of rotatable bonds is 1. The van der Waals surface area contributed by atoms with Crippen LogP contribution in [-0.4, -0.2) is 39.9 Å². The Morgan fingerprint density at radius 1 is 1.29 bits per heavy atom. The fourth-order valence-corrected chi connectivity index (χ4v) is 8.29. The van der Waals surface area contributed by atoms with E-state index in [0.717, 1.165) is 24.8 Å². The Hall–Kier alpha value is -0.710. The molecule has 4 aliphatic carbocycles. The lowest BCUT2D eigenvalue weighted by Crippen LogP contribution is -2.48. The lowest BCUT2D eigenvalue weighted by Gasteiger charge is -2.46. The Bertz CT molecular complexity index is 685. The van der Waals surface area contributed by atoms with E-state index < -0.39 is 28.6 Å². The number of epoxide rings is 1. The van der Waals surface area contributed by atoms with Gasteiger partial charge in [0.2, 0.25) is 0 Å². The predicted molar refractivity (Wildman–Crippen MR) is 88.1 cm³/mol. The molecule has 2 N–H and O–H groups in total. The van der Waals surface area contributed by atoms with Crippen molar-refractivity contribution in [2.24, 2.45) is 34.0 Å². The summed E-state index contributed by atoms with van der Waals surface area (Å²) in [7, 11) is 0. The van der Waals surface area contributed by atoms with Crippen LogP contribution in [0.4, 0.5) is 0 Å². The third kappa shape index (κ3) is 1.08. The Kier molecular flexibility index (Phi) is 2.49. The maximum atomic E-state index is 13.4. The van der Waals surface area contributed by atoms with Crippen LogP contribution in [0, 0.1) is 34.0 Å². The molecular formula is C20H28O4. The van der Waals surface area contributed by atoms with Crippen LogP contribution in [0.3, 0.4) is 0 Å². The minimum absolute atomic E-state index is 0.0455. The first-order valence-electron chi connectivity index (χ1n) is 9.38. The zero-order chi connectivity index (χ0) is 17.4. The highest BCUT2D eigenvalue weighted by atomic mass is 16.6. The maximum absolute atomic E-state index is 13.4. The van der Waals surface area contributed by atoms with Crippen molar-refractivity contribution in [1.82, 2.24) is 0 Å². The second kappa shape index (κ2) is 3.84. The molecule has 5 fully saturated rings. The van der Waals surface area contributed by atoms with Crippen molar-refractivity contribution in [2.75, 3.05) is 0 Å². The number of hydrogen-bond donors (Lipinski definition) is 2. The molecule has 9 atom stereocenters. The number of ether oxygens (including phenoxy) is 1. The van der Waals surface area contributed by atoms with E-state index in [2.05, 4.69) is 27.4 Å². The highest BCUT2D eigenvalue weighted by Gasteiger charge is 2.94. The molecule has 0 bridgehead atoms. The zero-order valence-corrected chi connectivity index (χ0v) is 15.0. The first-order chi connectivity index (χ1) is 11.1. The van der Waals surface area contributed by atoms with Gasteiger partial charge in [0.15, 0.2) is 5.78 Å². The van der Waals surface area contributed by atoms with E-state index in [4.69, 9.17) is 4.74 Å². The van der Waals surface area contributed by atoms with E-state index in [-0.39, 0.29) is 23.2 Å². The van der Waals surface area contributed by atoms with Gasteiger partial charge < -0.3 is 14.9 Å². The highest BCUT2D eigenvalue weighted by molar-refractivity contribution is 5.96. The summed E-state index contributed by atoms with van der Waals surface area (Å²) in [4.78, 5) is 13.4. The molecule has 1 aliphatic heterocycles. The number of carbonyl (C=O) groups is 1. The molecule has 2 spiro atoms. The first-order valence-corrected chi connectivity index (χ1v) is 9.38. The second-order valence-electron chi connectivity index (χ2n) is 9.75. The zero-order valence-electron chi connectivity index (χ0n) is 15.0. The summed E-state index contributed by atoms with van der Waals surface area (Å²) in [5.41, 5.74) is -1.14. The average molecular weight is 332 g/mol. The average Bonchev–Trinajstić information content (AvgIpc) is 3.05. The van der Waals surface area contributed by atoms with Crippen LogP contribution in [0.15, 0.2) is 12.2 Å². The van der Waals surface area contributed by atoms with E-state index >= 15 is 0 Å².